The number of carbonyl (C=O) groups excluding carboxylic acids is 1. The van der Waals surface area contributed by atoms with Crippen molar-refractivity contribution in [1.29, 1.82) is 0 Å². The molecule has 0 aromatic carbocycles. The normalized spacial score (nSPS) is 15.9. The predicted octanol–water partition coefficient (Wildman–Crippen LogP) is 1.25. The summed E-state index contributed by atoms with van der Waals surface area (Å²) in [6.45, 7) is 4.72. The van der Waals surface area contributed by atoms with Crippen LogP contribution in [0.15, 0.2) is 27.3 Å². The Balaban J connectivity index is 1.49. The van der Waals surface area contributed by atoms with Crippen LogP contribution < -0.4 is 5.32 Å². The van der Waals surface area contributed by atoms with E-state index in [-0.39, 0.29) is 11.8 Å². The molecule has 1 aliphatic heterocycles. The van der Waals surface area contributed by atoms with Crippen molar-refractivity contribution in [2.45, 2.75) is 19.3 Å². The molecule has 2 aromatic rings. The Hall–Kier alpha value is -2.15. The summed E-state index contributed by atoms with van der Waals surface area (Å²) in [5.74, 6) is 1.93. The van der Waals surface area contributed by atoms with Crippen LogP contribution in [-0.4, -0.2) is 47.1 Å². The molecule has 1 amide bonds. The second kappa shape index (κ2) is 6.09. The molecule has 0 spiro atoms. The summed E-state index contributed by atoms with van der Waals surface area (Å²) in [6, 6.07) is 3.57. The highest BCUT2D eigenvalue weighted by molar-refractivity contribution is 5.78. The zero-order valence-corrected chi connectivity index (χ0v) is 11.9. The van der Waals surface area contributed by atoms with Crippen molar-refractivity contribution in [3.05, 3.63) is 24.3 Å². The smallest absolute Gasteiger partial charge is 0.238 e. The maximum atomic E-state index is 11.6. The fraction of sp³-hybridized carbons (Fsp3) is 0.500. The summed E-state index contributed by atoms with van der Waals surface area (Å²) in [7, 11) is 0. The minimum absolute atomic E-state index is 0.0668. The highest BCUT2D eigenvalue weighted by atomic mass is 16.5. The molecule has 2 aromatic heterocycles. The zero-order valence-electron chi connectivity index (χ0n) is 11.9. The zero-order chi connectivity index (χ0) is 14.7. The lowest BCUT2D eigenvalue weighted by Crippen LogP contribution is -2.49. The maximum Gasteiger partial charge on any atom is 0.238 e. The van der Waals surface area contributed by atoms with E-state index in [2.05, 4.69) is 20.4 Å². The summed E-state index contributed by atoms with van der Waals surface area (Å²) < 4.78 is 10.5. The summed E-state index contributed by atoms with van der Waals surface area (Å²) in [6.07, 6.45) is 2.53. The molecule has 1 fully saturated rings. The first kappa shape index (κ1) is 13.8. The van der Waals surface area contributed by atoms with Crippen LogP contribution in [0.5, 0.6) is 0 Å². The number of hydrogen-bond acceptors (Lipinski definition) is 6. The standard InChI is InChI=1S/C14H18N4O3/c1-2-5-15-12(19)9-18-7-10(8-18)14-16-13(17-21-14)11-4-3-6-20-11/h3-4,6,10H,2,5,7-9H2,1H3,(H,15,19). The molecular weight excluding hydrogens is 272 g/mol. The van der Waals surface area contributed by atoms with Gasteiger partial charge >= 0.3 is 0 Å². The second-order valence-electron chi connectivity index (χ2n) is 5.17. The first-order chi connectivity index (χ1) is 10.3. The highest BCUT2D eigenvalue weighted by Crippen LogP contribution is 2.27. The molecular formula is C14H18N4O3. The van der Waals surface area contributed by atoms with Crippen LogP contribution in [0.4, 0.5) is 0 Å². The molecule has 3 heterocycles. The lowest BCUT2D eigenvalue weighted by molar-refractivity contribution is -0.123. The molecule has 112 valence electrons. The van der Waals surface area contributed by atoms with Crippen LogP contribution in [0.1, 0.15) is 25.2 Å². The molecule has 0 radical (unpaired) electrons. The van der Waals surface area contributed by atoms with Crippen LogP contribution in [-0.2, 0) is 4.79 Å². The largest absolute Gasteiger partial charge is 0.461 e. The Kier molecular flexibility index (Phi) is 4.01. The molecule has 7 nitrogen and oxygen atoms in total. The molecule has 0 saturated carbocycles. The van der Waals surface area contributed by atoms with E-state index in [1.165, 1.54) is 0 Å². The van der Waals surface area contributed by atoms with E-state index < -0.39 is 0 Å². The van der Waals surface area contributed by atoms with Gasteiger partial charge in [-0.25, -0.2) is 0 Å². The van der Waals surface area contributed by atoms with Crippen molar-refractivity contribution in [3.63, 3.8) is 0 Å². The lowest BCUT2D eigenvalue weighted by Gasteiger charge is -2.36. The van der Waals surface area contributed by atoms with Gasteiger partial charge in [0.25, 0.3) is 0 Å². The van der Waals surface area contributed by atoms with Gasteiger partial charge in [-0.1, -0.05) is 12.1 Å². The number of aromatic nitrogens is 2. The number of amides is 1. The van der Waals surface area contributed by atoms with E-state index in [4.69, 9.17) is 8.94 Å². The van der Waals surface area contributed by atoms with Crippen molar-refractivity contribution >= 4 is 5.91 Å². The third-order valence-corrected chi connectivity index (χ3v) is 3.43. The van der Waals surface area contributed by atoms with Gasteiger partial charge in [-0.2, -0.15) is 4.98 Å². The Morgan fingerprint density at radius 2 is 2.38 bits per heavy atom. The Labute approximate surface area is 122 Å². The van der Waals surface area contributed by atoms with Gasteiger partial charge < -0.3 is 14.3 Å². The van der Waals surface area contributed by atoms with Crippen LogP contribution in [0, 0.1) is 0 Å². The van der Waals surface area contributed by atoms with Crippen molar-refractivity contribution in [2.75, 3.05) is 26.2 Å². The molecule has 0 aliphatic carbocycles. The number of nitrogens with zero attached hydrogens (tertiary/aromatic N) is 3. The van der Waals surface area contributed by atoms with Gasteiger partial charge in [0.05, 0.1) is 18.7 Å². The fourth-order valence-corrected chi connectivity index (χ4v) is 2.29. The van der Waals surface area contributed by atoms with Crippen molar-refractivity contribution in [2.24, 2.45) is 0 Å². The van der Waals surface area contributed by atoms with Gasteiger partial charge in [-0.05, 0) is 18.6 Å². The third kappa shape index (κ3) is 3.13. The van der Waals surface area contributed by atoms with Gasteiger partial charge in [0.15, 0.2) is 5.76 Å². The van der Waals surface area contributed by atoms with Crippen molar-refractivity contribution in [1.82, 2.24) is 20.4 Å². The minimum atomic E-state index is 0.0668. The van der Waals surface area contributed by atoms with E-state index in [0.717, 1.165) is 26.1 Å². The van der Waals surface area contributed by atoms with Gasteiger partial charge in [0.1, 0.15) is 0 Å². The number of nitrogens with one attached hydrogen (secondary N) is 1. The average Bonchev–Trinajstić information content (AvgIpc) is 3.09. The summed E-state index contributed by atoms with van der Waals surface area (Å²) >= 11 is 0. The number of rotatable bonds is 6. The first-order valence-corrected chi connectivity index (χ1v) is 7.12. The maximum absolute atomic E-state index is 11.6. The predicted molar refractivity (Wildman–Crippen MR) is 74.5 cm³/mol. The van der Waals surface area contributed by atoms with Crippen molar-refractivity contribution < 1.29 is 13.7 Å². The van der Waals surface area contributed by atoms with E-state index >= 15 is 0 Å². The Morgan fingerprint density at radius 1 is 1.52 bits per heavy atom. The molecule has 1 aliphatic rings. The number of hydrogen-bond donors (Lipinski definition) is 1. The summed E-state index contributed by atoms with van der Waals surface area (Å²) in [5, 5.41) is 6.77. The van der Waals surface area contributed by atoms with Gasteiger partial charge in [-0.3, -0.25) is 9.69 Å². The molecule has 1 saturated heterocycles. The molecule has 0 bridgehead atoms. The molecule has 7 heteroatoms. The van der Waals surface area contributed by atoms with Gasteiger partial charge in [0.2, 0.25) is 17.6 Å². The number of furan rings is 1. The average molecular weight is 290 g/mol. The monoisotopic (exact) mass is 290 g/mol. The first-order valence-electron chi connectivity index (χ1n) is 7.12. The quantitative estimate of drug-likeness (QED) is 0.862. The SMILES string of the molecule is CCCNC(=O)CN1CC(c2nc(-c3ccco3)no2)C1. The topological polar surface area (TPSA) is 84.4 Å². The van der Waals surface area contributed by atoms with Crippen molar-refractivity contribution in [3.8, 4) is 11.6 Å². The molecule has 0 atom stereocenters. The number of likely N-dealkylation sites (tertiary alicyclic amines) is 1. The fourth-order valence-electron chi connectivity index (χ4n) is 2.29. The molecule has 3 rings (SSSR count). The van der Waals surface area contributed by atoms with Crippen LogP contribution in [0.3, 0.4) is 0 Å². The number of carbonyl (C=O) groups is 1. The minimum Gasteiger partial charge on any atom is -0.461 e. The van der Waals surface area contributed by atoms with Crippen LogP contribution in [0.2, 0.25) is 0 Å². The van der Waals surface area contributed by atoms with Gasteiger partial charge in [0, 0.05) is 19.6 Å². The highest BCUT2D eigenvalue weighted by Gasteiger charge is 2.33. The van der Waals surface area contributed by atoms with Crippen LogP contribution in [0.25, 0.3) is 11.6 Å². The third-order valence-electron chi connectivity index (χ3n) is 3.43. The van der Waals surface area contributed by atoms with Gasteiger partial charge in [-0.15, -0.1) is 0 Å². The molecule has 1 N–H and O–H groups in total. The molecule has 0 unspecified atom stereocenters. The summed E-state index contributed by atoms with van der Waals surface area (Å²) in [4.78, 5) is 18.0. The van der Waals surface area contributed by atoms with E-state index in [0.29, 0.717) is 24.0 Å². The lowest BCUT2D eigenvalue weighted by atomic mass is 10.0. The van der Waals surface area contributed by atoms with Crippen LogP contribution >= 0.6 is 0 Å². The van der Waals surface area contributed by atoms with E-state index in [1.807, 2.05) is 6.92 Å². The Morgan fingerprint density at radius 3 is 3.10 bits per heavy atom. The van der Waals surface area contributed by atoms with E-state index in [1.54, 1.807) is 18.4 Å². The summed E-state index contributed by atoms with van der Waals surface area (Å²) in [5.41, 5.74) is 0. The second-order valence-corrected chi connectivity index (χ2v) is 5.17. The Bertz CT molecular complexity index is 587. The van der Waals surface area contributed by atoms with E-state index in [9.17, 15) is 4.79 Å². The molecule has 21 heavy (non-hydrogen) atoms.